The minimum absolute atomic E-state index is 0.0548. The number of ether oxygens (including phenoxy) is 2. The van der Waals surface area contributed by atoms with Crippen molar-refractivity contribution >= 4 is 35.0 Å². The summed E-state index contributed by atoms with van der Waals surface area (Å²) in [7, 11) is 2.42. The largest absolute Gasteiger partial charge is 0.466 e. The highest BCUT2D eigenvalue weighted by atomic mass is 32.1. The summed E-state index contributed by atoms with van der Waals surface area (Å²) in [6.07, 6.45) is -4.55. The van der Waals surface area contributed by atoms with Crippen molar-refractivity contribution in [1.82, 2.24) is 5.32 Å². The molecule has 0 aliphatic carbocycles. The van der Waals surface area contributed by atoms with E-state index in [1.165, 1.54) is 37.3 Å². The van der Waals surface area contributed by atoms with Crippen molar-refractivity contribution in [2.24, 2.45) is 0 Å². The Morgan fingerprint density at radius 1 is 1.03 bits per heavy atom. The van der Waals surface area contributed by atoms with Crippen LogP contribution in [-0.2, 0) is 20.4 Å². The van der Waals surface area contributed by atoms with Crippen LogP contribution in [0, 0.1) is 0 Å². The summed E-state index contributed by atoms with van der Waals surface area (Å²) in [4.78, 5) is 26.3. The molecular formula is C22H19F3N2O4S. The first kappa shape index (κ1) is 23.3. The topological polar surface area (TPSA) is 67.9 Å². The summed E-state index contributed by atoms with van der Waals surface area (Å²) in [6.45, 7) is 1.55. The molecular weight excluding hydrogens is 445 g/mol. The van der Waals surface area contributed by atoms with Crippen molar-refractivity contribution in [2.75, 3.05) is 19.1 Å². The number of methoxy groups -OCH3 is 2. The number of hydrogen-bond acceptors (Lipinski definition) is 5. The van der Waals surface area contributed by atoms with Gasteiger partial charge in [0.05, 0.1) is 37.0 Å². The number of thiocarbonyl (C=S) groups is 1. The van der Waals surface area contributed by atoms with Crippen LogP contribution >= 0.6 is 12.2 Å². The van der Waals surface area contributed by atoms with Crippen LogP contribution in [0.4, 0.5) is 18.9 Å². The summed E-state index contributed by atoms with van der Waals surface area (Å²) >= 11 is 5.44. The second-order valence-corrected chi connectivity index (χ2v) is 7.22. The van der Waals surface area contributed by atoms with E-state index in [0.717, 1.165) is 12.1 Å². The molecule has 10 heteroatoms. The van der Waals surface area contributed by atoms with Crippen LogP contribution in [0.2, 0.25) is 0 Å². The third-order valence-electron chi connectivity index (χ3n) is 5.00. The minimum Gasteiger partial charge on any atom is -0.466 e. The molecule has 1 atom stereocenters. The van der Waals surface area contributed by atoms with Gasteiger partial charge in [0.15, 0.2) is 5.11 Å². The molecule has 168 valence electrons. The van der Waals surface area contributed by atoms with Gasteiger partial charge in [0.2, 0.25) is 0 Å². The van der Waals surface area contributed by atoms with E-state index in [1.54, 1.807) is 25.1 Å². The van der Waals surface area contributed by atoms with Crippen molar-refractivity contribution in [2.45, 2.75) is 19.1 Å². The molecule has 0 radical (unpaired) electrons. The zero-order chi connectivity index (χ0) is 23.6. The van der Waals surface area contributed by atoms with Gasteiger partial charge in [0, 0.05) is 11.4 Å². The van der Waals surface area contributed by atoms with Crippen molar-refractivity contribution in [3.8, 4) is 0 Å². The minimum atomic E-state index is -4.55. The van der Waals surface area contributed by atoms with Gasteiger partial charge in [-0.15, -0.1) is 0 Å². The standard InChI is InChI=1S/C22H19F3N2O4S/c1-12-17(20(29)31-3)18(15-9-4-5-10-16(15)19(28)30-2)26-21(32)27(12)14-8-6-7-13(11-14)22(23,24)25/h4-11,18H,1-3H3,(H,26,32). The van der Waals surface area contributed by atoms with Crippen molar-refractivity contribution < 1.29 is 32.2 Å². The summed E-state index contributed by atoms with van der Waals surface area (Å²) in [5, 5.41) is 3.02. The Hall–Kier alpha value is -3.40. The quantitative estimate of drug-likeness (QED) is 0.532. The average Bonchev–Trinajstić information content (AvgIpc) is 2.77. The lowest BCUT2D eigenvalue weighted by atomic mass is 9.91. The number of nitrogens with one attached hydrogen (secondary N) is 1. The molecule has 32 heavy (non-hydrogen) atoms. The fraction of sp³-hybridized carbons (Fsp3) is 0.227. The van der Waals surface area contributed by atoms with Gasteiger partial charge in [-0.05, 0) is 49.0 Å². The van der Waals surface area contributed by atoms with Gasteiger partial charge in [-0.1, -0.05) is 24.3 Å². The predicted molar refractivity (Wildman–Crippen MR) is 115 cm³/mol. The summed E-state index contributed by atoms with van der Waals surface area (Å²) in [5.74, 6) is -1.34. The molecule has 3 rings (SSSR count). The summed E-state index contributed by atoms with van der Waals surface area (Å²) < 4.78 is 49.5. The maximum Gasteiger partial charge on any atom is 0.416 e. The van der Waals surface area contributed by atoms with Crippen LogP contribution in [-0.4, -0.2) is 31.3 Å². The zero-order valence-electron chi connectivity index (χ0n) is 17.3. The molecule has 1 aliphatic rings. The highest BCUT2D eigenvalue weighted by Gasteiger charge is 2.38. The summed E-state index contributed by atoms with van der Waals surface area (Å²) in [6, 6.07) is 10.2. The number of esters is 2. The van der Waals surface area contributed by atoms with Crippen molar-refractivity contribution in [3.63, 3.8) is 0 Å². The van der Waals surface area contributed by atoms with Crippen LogP contribution in [0.3, 0.4) is 0 Å². The van der Waals surface area contributed by atoms with E-state index in [4.69, 9.17) is 21.7 Å². The lowest BCUT2D eigenvalue weighted by Gasteiger charge is -2.38. The third-order valence-corrected chi connectivity index (χ3v) is 5.30. The van der Waals surface area contributed by atoms with E-state index in [0.29, 0.717) is 5.56 Å². The first-order valence-electron chi connectivity index (χ1n) is 9.34. The van der Waals surface area contributed by atoms with Gasteiger partial charge in [0.1, 0.15) is 0 Å². The molecule has 1 unspecified atom stereocenters. The molecule has 0 bridgehead atoms. The normalized spacial score (nSPS) is 16.5. The van der Waals surface area contributed by atoms with Gasteiger partial charge in [-0.2, -0.15) is 13.2 Å². The van der Waals surface area contributed by atoms with Gasteiger partial charge in [-0.3, -0.25) is 4.90 Å². The number of benzene rings is 2. The van der Waals surface area contributed by atoms with E-state index < -0.39 is 29.7 Å². The molecule has 2 aromatic rings. The van der Waals surface area contributed by atoms with E-state index in [1.807, 2.05) is 0 Å². The number of hydrogen-bond donors (Lipinski definition) is 1. The molecule has 0 amide bonds. The van der Waals surface area contributed by atoms with Crippen LogP contribution in [0.5, 0.6) is 0 Å². The first-order chi connectivity index (χ1) is 15.1. The summed E-state index contributed by atoms with van der Waals surface area (Å²) in [5.41, 5.74) is 0.237. The fourth-order valence-corrected chi connectivity index (χ4v) is 3.89. The number of carbonyl (C=O) groups is 2. The molecule has 6 nitrogen and oxygen atoms in total. The average molecular weight is 464 g/mol. The Bertz CT molecular complexity index is 1110. The number of nitrogens with zero attached hydrogens (tertiary/aromatic N) is 1. The number of anilines is 1. The molecule has 0 fully saturated rings. The Kier molecular flexibility index (Phi) is 6.54. The van der Waals surface area contributed by atoms with Crippen molar-refractivity contribution in [1.29, 1.82) is 0 Å². The second kappa shape index (κ2) is 8.99. The Morgan fingerprint density at radius 3 is 2.31 bits per heavy atom. The first-order valence-corrected chi connectivity index (χ1v) is 9.75. The maximum atomic E-state index is 13.2. The second-order valence-electron chi connectivity index (χ2n) is 6.84. The van der Waals surface area contributed by atoms with Gasteiger partial charge in [0.25, 0.3) is 0 Å². The lowest BCUT2D eigenvalue weighted by Crippen LogP contribution is -2.48. The zero-order valence-corrected chi connectivity index (χ0v) is 18.1. The number of allylic oxidation sites excluding steroid dienone is 1. The van der Waals surface area contributed by atoms with Gasteiger partial charge >= 0.3 is 18.1 Å². The highest BCUT2D eigenvalue weighted by Crippen LogP contribution is 2.37. The van der Waals surface area contributed by atoms with E-state index in [9.17, 15) is 22.8 Å². The van der Waals surface area contributed by atoms with E-state index >= 15 is 0 Å². The van der Waals surface area contributed by atoms with Crippen LogP contribution < -0.4 is 10.2 Å². The van der Waals surface area contributed by atoms with E-state index in [2.05, 4.69) is 5.32 Å². The Labute approximate surface area is 187 Å². The Morgan fingerprint density at radius 2 is 1.69 bits per heavy atom. The third kappa shape index (κ3) is 4.31. The van der Waals surface area contributed by atoms with Crippen LogP contribution in [0.1, 0.15) is 34.5 Å². The maximum absolute atomic E-state index is 13.2. The van der Waals surface area contributed by atoms with Gasteiger partial charge < -0.3 is 14.8 Å². The molecule has 0 spiro atoms. The smallest absolute Gasteiger partial charge is 0.416 e. The fourth-order valence-electron chi connectivity index (χ4n) is 3.53. The molecule has 1 heterocycles. The van der Waals surface area contributed by atoms with Crippen molar-refractivity contribution in [3.05, 3.63) is 76.5 Å². The van der Waals surface area contributed by atoms with Crippen LogP contribution in [0.25, 0.3) is 0 Å². The van der Waals surface area contributed by atoms with Crippen LogP contribution in [0.15, 0.2) is 59.8 Å². The number of alkyl halides is 3. The SMILES string of the molecule is COC(=O)C1=C(C)N(c2cccc(C(F)(F)F)c2)C(=S)NC1c1ccccc1C(=O)OC. The van der Waals surface area contributed by atoms with Gasteiger partial charge in [-0.25, -0.2) is 9.59 Å². The molecule has 0 aromatic heterocycles. The highest BCUT2D eigenvalue weighted by molar-refractivity contribution is 7.80. The molecule has 0 saturated heterocycles. The number of rotatable bonds is 4. The predicted octanol–water partition coefficient (Wildman–Crippen LogP) is 4.37. The van der Waals surface area contributed by atoms with E-state index in [-0.39, 0.29) is 27.6 Å². The molecule has 1 N–H and O–H groups in total. The lowest BCUT2D eigenvalue weighted by molar-refractivity contribution is -0.138. The molecule has 2 aromatic carbocycles. The molecule has 0 saturated carbocycles. The number of carbonyl (C=O) groups excluding carboxylic acids is 2. The number of halogens is 3. The monoisotopic (exact) mass is 464 g/mol. The Balaban J connectivity index is 2.19. The molecule has 1 aliphatic heterocycles.